The zero-order valence-electron chi connectivity index (χ0n) is 15.1. The first kappa shape index (κ1) is 15.7. The standard InChI is InChI=1S/C20H23N5O/c1-14-4-8-16(9-5-14)20(10-2-3-11-20)19-22-17(26-24-19)12-25-13-21-18(23-25)15-6-7-15/h4-5,8-9,13,15H,2-3,6-7,10-12H2,1H3. The third-order valence-corrected chi connectivity index (χ3v) is 5.75. The van der Waals surface area contributed by atoms with Crippen LogP contribution in [0.5, 0.6) is 0 Å². The van der Waals surface area contributed by atoms with Gasteiger partial charge in [0.05, 0.1) is 5.41 Å². The van der Waals surface area contributed by atoms with E-state index in [0.29, 0.717) is 18.4 Å². The molecule has 2 fully saturated rings. The summed E-state index contributed by atoms with van der Waals surface area (Å²) in [5.41, 5.74) is 2.45. The van der Waals surface area contributed by atoms with Gasteiger partial charge in [-0.15, -0.1) is 0 Å². The van der Waals surface area contributed by atoms with Crippen molar-refractivity contribution in [2.75, 3.05) is 0 Å². The van der Waals surface area contributed by atoms with Crippen LogP contribution in [-0.4, -0.2) is 24.9 Å². The number of hydrogen-bond acceptors (Lipinski definition) is 5. The van der Waals surface area contributed by atoms with Crippen molar-refractivity contribution < 1.29 is 4.52 Å². The molecule has 5 rings (SSSR count). The topological polar surface area (TPSA) is 69.6 Å². The van der Waals surface area contributed by atoms with Gasteiger partial charge in [-0.25, -0.2) is 9.67 Å². The van der Waals surface area contributed by atoms with Crippen molar-refractivity contribution in [3.05, 3.63) is 59.3 Å². The Morgan fingerprint density at radius 2 is 1.92 bits per heavy atom. The normalized spacial score (nSPS) is 19.1. The molecule has 2 aliphatic carbocycles. The number of nitrogens with zero attached hydrogens (tertiary/aromatic N) is 5. The summed E-state index contributed by atoms with van der Waals surface area (Å²) in [6.07, 6.45) is 8.72. The molecular formula is C20H23N5O. The number of aryl methyl sites for hydroxylation is 1. The SMILES string of the molecule is Cc1ccc(C2(c3noc(Cn4cnc(C5CC5)n4)n3)CCCC2)cc1. The Morgan fingerprint density at radius 3 is 2.65 bits per heavy atom. The molecule has 0 amide bonds. The Labute approximate surface area is 152 Å². The van der Waals surface area contributed by atoms with Crippen LogP contribution >= 0.6 is 0 Å². The molecule has 0 radical (unpaired) electrons. The Kier molecular flexibility index (Phi) is 3.65. The van der Waals surface area contributed by atoms with Gasteiger partial charge >= 0.3 is 0 Å². The van der Waals surface area contributed by atoms with E-state index in [9.17, 15) is 0 Å². The predicted molar refractivity (Wildman–Crippen MR) is 95.8 cm³/mol. The fraction of sp³-hybridized carbons (Fsp3) is 0.500. The maximum atomic E-state index is 5.59. The molecule has 2 aromatic heterocycles. The second-order valence-corrected chi connectivity index (χ2v) is 7.74. The lowest BCUT2D eigenvalue weighted by molar-refractivity contribution is 0.350. The molecule has 0 saturated heterocycles. The highest BCUT2D eigenvalue weighted by Crippen LogP contribution is 2.45. The van der Waals surface area contributed by atoms with Gasteiger partial charge in [0.2, 0.25) is 5.89 Å². The molecule has 6 heteroatoms. The number of rotatable bonds is 5. The lowest BCUT2D eigenvalue weighted by atomic mass is 9.78. The quantitative estimate of drug-likeness (QED) is 0.701. The lowest BCUT2D eigenvalue weighted by Crippen LogP contribution is -2.25. The lowest BCUT2D eigenvalue weighted by Gasteiger charge is -2.25. The van der Waals surface area contributed by atoms with E-state index in [-0.39, 0.29) is 5.41 Å². The van der Waals surface area contributed by atoms with Crippen molar-refractivity contribution in [3.63, 3.8) is 0 Å². The van der Waals surface area contributed by atoms with Crippen LogP contribution in [0.2, 0.25) is 0 Å². The van der Waals surface area contributed by atoms with Gasteiger partial charge < -0.3 is 4.52 Å². The summed E-state index contributed by atoms with van der Waals surface area (Å²) >= 11 is 0. The molecule has 0 bridgehead atoms. The first-order chi connectivity index (χ1) is 12.7. The van der Waals surface area contributed by atoms with Gasteiger partial charge in [-0.1, -0.05) is 47.8 Å². The smallest absolute Gasteiger partial charge is 0.248 e. The van der Waals surface area contributed by atoms with Gasteiger partial charge in [-0.05, 0) is 38.2 Å². The van der Waals surface area contributed by atoms with E-state index < -0.39 is 0 Å². The van der Waals surface area contributed by atoms with E-state index >= 15 is 0 Å². The monoisotopic (exact) mass is 349 g/mol. The summed E-state index contributed by atoms with van der Waals surface area (Å²) in [7, 11) is 0. The zero-order chi connectivity index (χ0) is 17.6. The van der Waals surface area contributed by atoms with Gasteiger partial charge in [0.25, 0.3) is 0 Å². The van der Waals surface area contributed by atoms with Crippen LogP contribution in [0.25, 0.3) is 0 Å². The van der Waals surface area contributed by atoms with Crippen LogP contribution in [0.15, 0.2) is 35.1 Å². The van der Waals surface area contributed by atoms with Crippen molar-refractivity contribution in [1.82, 2.24) is 24.9 Å². The summed E-state index contributed by atoms with van der Waals surface area (Å²) in [6.45, 7) is 2.60. The van der Waals surface area contributed by atoms with Gasteiger partial charge in [-0.3, -0.25) is 0 Å². The average Bonchev–Trinajstić information content (AvgIpc) is 3.05. The fourth-order valence-corrected chi connectivity index (χ4v) is 4.06. The van der Waals surface area contributed by atoms with E-state index in [2.05, 4.69) is 46.4 Å². The van der Waals surface area contributed by atoms with Crippen LogP contribution in [0.1, 0.15) is 73.1 Å². The molecule has 134 valence electrons. The maximum Gasteiger partial charge on any atom is 0.248 e. The van der Waals surface area contributed by atoms with Crippen molar-refractivity contribution in [2.24, 2.45) is 0 Å². The molecule has 3 aromatic rings. The van der Waals surface area contributed by atoms with Crippen molar-refractivity contribution >= 4 is 0 Å². The maximum absolute atomic E-state index is 5.59. The molecule has 1 aromatic carbocycles. The highest BCUT2D eigenvalue weighted by molar-refractivity contribution is 5.35. The van der Waals surface area contributed by atoms with E-state index in [1.54, 1.807) is 11.0 Å². The summed E-state index contributed by atoms with van der Waals surface area (Å²) in [5.74, 6) is 2.91. The van der Waals surface area contributed by atoms with Gasteiger partial charge in [0.15, 0.2) is 11.6 Å². The van der Waals surface area contributed by atoms with E-state index in [4.69, 9.17) is 9.51 Å². The molecule has 26 heavy (non-hydrogen) atoms. The van der Waals surface area contributed by atoms with E-state index in [1.807, 2.05) is 0 Å². The van der Waals surface area contributed by atoms with Gasteiger partial charge in [0, 0.05) is 5.92 Å². The average molecular weight is 349 g/mol. The molecule has 0 aliphatic heterocycles. The van der Waals surface area contributed by atoms with Crippen LogP contribution < -0.4 is 0 Å². The predicted octanol–water partition coefficient (Wildman–Crippen LogP) is 3.76. The van der Waals surface area contributed by atoms with E-state index in [0.717, 1.165) is 24.5 Å². The Balaban J connectivity index is 1.42. The first-order valence-electron chi connectivity index (χ1n) is 9.52. The minimum Gasteiger partial charge on any atom is -0.337 e. The molecule has 0 spiro atoms. The van der Waals surface area contributed by atoms with Crippen molar-refractivity contribution in [1.29, 1.82) is 0 Å². The second kappa shape index (κ2) is 6.04. The highest BCUT2D eigenvalue weighted by Gasteiger charge is 2.41. The van der Waals surface area contributed by atoms with Crippen molar-refractivity contribution in [3.8, 4) is 0 Å². The summed E-state index contributed by atoms with van der Waals surface area (Å²) in [4.78, 5) is 9.15. The van der Waals surface area contributed by atoms with Crippen LogP contribution in [0, 0.1) is 6.92 Å². The summed E-state index contributed by atoms with van der Waals surface area (Å²) < 4.78 is 7.39. The van der Waals surface area contributed by atoms with Gasteiger partial charge in [0.1, 0.15) is 12.9 Å². The minimum atomic E-state index is -0.114. The zero-order valence-corrected chi connectivity index (χ0v) is 15.1. The third kappa shape index (κ3) is 2.73. The van der Waals surface area contributed by atoms with Crippen LogP contribution in [-0.2, 0) is 12.0 Å². The van der Waals surface area contributed by atoms with Gasteiger partial charge in [-0.2, -0.15) is 10.1 Å². The minimum absolute atomic E-state index is 0.114. The Bertz CT molecular complexity index is 900. The largest absolute Gasteiger partial charge is 0.337 e. The third-order valence-electron chi connectivity index (χ3n) is 5.75. The molecule has 0 atom stereocenters. The molecule has 2 heterocycles. The Hall–Kier alpha value is -2.50. The number of benzene rings is 1. The van der Waals surface area contributed by atoms with Crippen molar-refractivity contribution in [2.45, 2.75) is 63.3 Å². The first-order valence-corrected chi connectivity index (χ1v) is 9.52. The second-order valence-electron chi connectivity index (χ2n) is 7.74. The molecule has 0 N–H and O–H groups in total. The molecular weight excluding hydrogens is 326 g/mol. The van der Waals surface area contributed by atoms with E-state index in [1.165, 1.54) is 36.8 Å². The molecule has 6 nitrogen and oxygen atoms in total. The van der Waals surface area contributed by atoms with Crippen LogP contribution in [0.4, 0.5) is 0 Å². The highest BCUT2D eigenvalue weighted by atomic mass is 16.5. The fourth-order valence-electron chi connectivity index (χ4n) is 4.06. The Morgan fingerprint density at radius 1 is 1.15 bits per heavy atom. The number of aromatic nitrogens is 5. The molecule has 0 unspecified atom stereocenters. The molecule has 2 aliphatic rings. The number of hydrogen-bond donors (Lipinski definition) is 0. The molecule has 2 saturated carbocycles. The van der Waals surface area contributed by atoms with Crippen LogP contribution in [0.3, 0.4) is 0 Å². The summed E-state index contributed by atoms with van der Waals surface area (Å²) in [5, 5.41) is 8.91. The summed E-state index contributed by atoms with van der Waals surface area (Å²) in [6, 6.07) is 8.78.